The molecule has 1 aromatic carbocycles. The second-order valence-electron chi connectivity index (χ2n) is 6.78. The number of aliphatic carboxylic acids is 1. The van der Waals surface area contributed by atoms with E-state index in [1.807, 2.05) is 30.3 Å². The minimum Gasteiger partial charge on any atom is -0.481 e. The van der Waals surface area contributed by atoms with Gasteiger partial charge in [0.2, 0.25) is 0 Å². The Morgan fingerprint density at radius 2 is 1.96 bits per heavy atom. The average molecular weight is 334 g/mol. The minimum atomic E-state index is -0.882. The van der Waals surface area contributed by atoms with Gasteiger partial charge >= 0.3 is 12.0 Å². The van der Waals surface area contributed by atoms with E-state index in [2.05, 4.69) is 10.6 Å². The van der Waals surface area contributed by atoms with Crippen molar-refractivity contribution in [2.24, 2.45) is 5.92 Å². The van der Waals surface area contributed by atoms with E-state index in [1.165, 1.54) is 0 Å². The van der Waals surface area contributed by atoms with Crippen LogP contribution in [0.15, 0.2) is 30.3 Å². The lowest BCUT2D eigenvalue weighted by molar-refractivity contribution is -0.137. The lowest BCUT2D eigenvalue weighted by Gasteiger charge is -2.25. The first-order valence-corrected chi connectivity index (χ1v) is 8.39. The van der Waals surface area contributed by atoms with Crippen molar-refractivity contribution < 1.29 is 19.8 Å². The molecule has 2 rings (SSSR count). The summed E-state index contributed by atoms with van der Waals surface area (Å²) in [4.78, 5) is 22.9. The molecule has 1 aliphatic carbocycles. The smallest absolute Gasteiger partial charge is 0.315 e. The van der Waals surface area contributed by atoms with E-state index < -0.39 is 11.6 Å². The molecule has 0 saturated heterocycles. The summed E-state index contributed by atoms with van der Waals surface area (Å²) in [6, 6.07) is 9.00. The highest BCUT2D eigenvalue weighted by Gasteiger charge is 2.40. The number of nitrogens with one attached hydrogen (secondary N) is 2. The average Bonchev–Trinajstić information content (AvgIpc) is 3.37. The number of urea groups is 1. The van der Waals surface area contributed by atoms with Crippen molar-refractivity contribution in [2.75, 3.05) is 6.54 Å². The first kappa shape index (κ1) is 18.3. The molecule has 1 aliphatic rings. The molecule has 0 bridgehead atoms. The predicted molar refractivity (Wildman–Crippen MR) is 90.7 cm³/mol. The lowest BCUT2D eigenvalue weighted by atomic mass is 10.0. The maximum Gasteiger partial charge on any atom is 0.315 e. The molecule has 0 aromatic heterocycles. The summed E-state index contributed by atoms with van der Waals surface area (Å²) in [5.41, 5.74) is 0.158. The van der Waals surface area contributed by atoms with Crippen LogP contribution in [0.3, 0.4) is 0 Å². The van der Waals surface area contributed by atoms with Crippen molar-refractivity contribution in [2.45, 2.75) is 50.7 Å². The third-order valence-corrected chi connectivity index (χ3v) is 4.43. The van der Waals surface area contributed by atoms with Crippen LogP contribution >= 0.6 is 0 Å². The zero-order valence-electron chi connectivity index (χ0n) is 14.0. The molecule has 0 spiro atoms. The lowest BCUT2D eigenvalue weighted by Crippen LogP contribution is -2.49. The molecule has 0 heterocycles. The van der Waals surface area contributed by atoms with Crippen LogP contribution < -0.4 is 10.6 Å². The monoisotopic (exact) mass is 334 g/mol. The topological polar surface area (TPSA) is 98.7 Å². The number of carboxylic acid groups (broad SMARTS) is 1. The summed E-state index contributed by atoms with van der Waals surface area (Å²) in [6.45, 7) is 1.93. The highest BCUT2D eigenvalue weighted by molar-refractivity contribution is 5.74. The molecule has 2 amide bonds. The van der Waals surface area contributed by atoms with Gasteiger partial charge in [-0.25, -0.2) is 4.79 Å². The van der Waals surface area contributed by atoms with Crippen LogP contribution in [0, 0.1) is 5.92 Å². The van der Waals surface area contributed by atoms with Crippen LogP contribution in [0.5, 0.6) is 0 Å². The fourth-order valence-corrected chi connectivity index (χ4v) is 2.77. The Bertz CT molecular complexity index is 555. The van der Waals surface area contributed by atoms with E-state index in [0.717, 1.165) is 18.4 Å². The van der Waals surface area contributed by atoms with Gasteiger partial charge in [-0.15, -0.1) is 0 Å². The first-order chi connectivity index (χ1) is 11.4. The third-order valence-electron chi connectivity index (χ3n) is 4.43. The van der Waals surface area contributed by atoms with Crippen LogP contribution in [0.4, 0.5) is 4.79 Å². The van der Waals surface area contributed by atoms with Crippen molar-refractivity contribution in [3.05, 3.63) is 35.9 Å². The van der Waals surface area contributed by atoms with E-state index in [9.17, 15) is 14.7 Å². The zero-order valence-corrected chi connectivity index (χ0v) is 14.0. The Morgan fingerprint density at radius 1 is 1.29 bits per heavy atom. The van der Waals surface area contributed by atoms with E-state index >= 15 is 0 Å². The van der Waals surface area contributed by atoms with Crippen molar-refractivity contribution >= 4 is 12.0 Å². The molecule has 2 atom stereocenters. The molecule has 4 N–H and O–H groups in total. The Morgan fingerprint density at radius 3 is 2.54 bits per heavy atom. The van der Waals surface area contributed by atoms with Crippen molar-refractivity contribution in [1.82, 2.24) is 10.6 Å². The van der Waals surface area contributed by atoms with Gasteiger partial charge in [0, 0.05) is 19.0 Å². The normalized spacial score (nSPS) is 17.6. The summed E-state index contributed by atoms with van der Waals surface area (Å²) in [6.07, 6.45) is 2.91. The summed E-state index contributed by atoms with van der Waals surface area (Å²) >= 11 is 0. The molecule has 24 heavy (non-hydrogen) atoms. The summed E-state index contributed by atoms with van der Waals surface area (Å²) < 4.78 is 0. The van der Waals surface area contributed by atoms with Gasteiger partial charge in [0.25, 0.3) is 0 Å². The van der Waals surface area contributed by atoms with Crippen molar-refractivity contribution in [1.29, 1.82) is 0 Å². The molecule has 0 aliphatic heterocycles. The maximum absolute atomic E-state index is 12.1. The molecular formula is C18H26N2O4. The molecule has 1 aromatic rings. The van der Waals surface area contributed by atoms with E-state index in [0.29, 0.717) is 12.8 Å². The highest BCUT2D eigenvalue weighted by atomic mass is 16.4. The van der Waals surface area contributed by atoms with Gasteiger partial charge in [-0.3, -0.25) is 4.79 Å². The van der Waals surface area contributed by atoms with Crippen LogP contribution in [0.25, 0.3) is 0 Å². The second kappa shape index (κ2) is 8.15. The molecule has 1 fully saturated rings. The van der Waals surface area contributed by atoms with Gasteiger partial charge in [0.15, 0.2) is 0 Å². The number of carbonyl (C=O) groups is 2. The van der Waals surface area contributed by atoms with Gasteiger partial charge in [0.1, 0.15) is 0 Å². The predicted octanol–water partition coefficient (Wildman–Crippen LogP) is 1.92. The van der Waals surface area contributed by atoms with Gasteiger partial charge in [-0.2, -0.15) is 0 Å². The number of amides is 2. The van der Waals surface area contributed by atoms with Crippen LogP contribution in [0.1, 0.15) is 38.2 Å². The zero-order chi connectivity index (χ0) is 17.6. The number of hydrogen-bond acceptors (Lipinski definition) is 3. The quantitative estimate of drug-likeness (QED) is 0.554. The molecule has 1 saturated carbocycles. The largest absolute Gasteiger partial charge is 0.481 e. The molecule has 6 nitrogen and oxygen atoms in total. The van der Waals surface area contributed by atoms with Crippen LogP contribution in [-0.4, -0.2) is 40.4 Å². The Hall–Kier alpha value is -2.08. The van der Waals surface area contributed by atoms with Gasteiger partial charge in [-0.05, 0) is 44.1 Å². The third kappa shape index (κ3) is 6.20. The number of carbonyl (C=O) groups excluding carboxylic acids is 1. The van der Waals surface area contributed by atoms with Crippen LogP contribution in [-0.2, 0) is 11.2 Å². The Kier molecular flexibility index (Phi) is 6.20. The molecule has 2 unspecified atom stereocenters. The van der Waals surface area contributed by atoms with Gasteiger partial charge in [-0.1, -0.05) is 30.3 Å². The summed E-state index contributed by atoms with van der Waals surface area (Å²) in [7, 11) is 0. The maximum atomic E-state index is 12.1. The van der Waals surface area contributed by atoms with Gasteiger partial charge in [0.05, 0.1) is 5.60 Å². The summed E-state index contributed by atoms with van der Waals surface area (Å²) in [5.74, 6) is -0.628. The Balaban J connectivity index is 1.86. The van der Waals surface area contributed by atoms with E-state index in [1.54, 1.807) is 6.92 Å². The Labute approximate surface area is 142 Å². The van der Waals surface area contributed by atoms with E-state index in [4.69, 9.17) is 5.11 Å². The summed E-state index contributed by atoms with van der Waals surface area (Å²) in [5, 5.41) is 24.6. The number of carboxylic acids is 1. The second-order valence-corrected chi connectivity index (χ2v) is 6.78. The minimum absolute atomic E-state index is 0.00241. The number of aliphatic hydroxyl groups is 1. The van der Waals surface area contributed by atoms with Crippen LogP contribution in [0.2, 0.25) is 0 Å². The van der Waals surface area contributed by atoms with Crippen molar-refractivity contribution in [3.8, 4) is 0 Å². The fraction of sp³-hybridized carbons (Fsp3) is 0.556. The van der Waals surface area contributed by atoms with Gasteiger partial charge < -0.3 is 20.8 Å². The van der Waals surface area contributed by atoms with E-state index in [-0.39, 0.29) is 31.0 Å². The fourth-order valence-electron chi connectivity index (χ4n) is 2.77. The number of benzene rings is 1. The molecule has 0 radical (unpaired) electrons. The first-order valence-electron chi connectivity index (χ1n) is 8.39. The van der Waals surface area contributed by atoms with Crippen molar-refractivity contribution in [3.63, 3.8) is 0 Å². The molecular weight excluding hydrogens is 308 g/mol. The SMILES string of the molecule is CC(O)(CNC(=O)NC(CCC(=O)O)Cc1ccccc1)C1CC1. The number of hydrogen-bond donors (Lipinski definition) is 4. The standard InChI is InChI=1S/C18H26N2O4/c1-18(24,14-7-8-14)12-19-17(23)20-15(9-10-16(21)22)11-13-5-3-2-4-6-13/h2-6,14-15,24H,7-12H2,1H3,(H,21,22)(H2,19,20,23). The molecule has 6 heteroatoms. The number of rotatable bonds is 9. The highest BCUT2D eigenvalue weighted by Crippen LogP contribution is 2.38. The molecule has 132 valence electrons.